The van der Waals surface area contributed by atoms with Crippen molar-refractivity contribution in [2.75, 3.05) is 0 Å². The number of hydrogen-bond acceptors (Lipinski definition) is 5. The number of aryl methyl sites for hydroxylation is 2. The van der Waals surface area contributed by atoms with Gasteiger partial charge in [0, 0.05) is 17.3 Å². The molecule has 0 amide bonds. The lowest BCUT2D eigenvalue weighted by atomic mass is 10.1. The summed E-state index contributed by atoms with van der Waals surface area (Å²) in [5, 5.41) is 1.69. The molecule has 0 aliphatic rings. The van der Waals surface area contributed by atoms with Gasteiger partial charge in [-0.2, -0.15) is 0 Å². The van der Waals surface area contributed by atoms with Crippen LogP contribution in [0, 0.1) is 6.92 Å². The lowest BCUT2D eigenvalue weighted by molar-refractivity contribution is 0.659. The van der Waals surface area contributed by atoms with Crippen LogP contribution in [-0.4, -0.2) is 14.5 Å². The summed E-state index contributed by atoms with van der Waals surface area (Å²) in [6, 6.07) is 20.7. The fourth-order valence-electron chi connectivity index (χ4n) is 3.77. The van der Waals surface area contributed by atoms with E-state index in [2.05, 4.69) is 61.3 Å². The Kier molecular flexibility index (Phi) is 5.81. The van der Waals surface area contributed by atoms with Crippen LogP contribution in [0.4, 0.5) is 0 Å². The molecule has 0 spiro atoms. The molecule has 0 N–H and O–H groups in total. The highest BCUT2D eigenvalue weighted by molar-refractivity contribution is 7.98. The number of nitrogens with zero attached hydrogens (tertiary/aromatic N) is 3. The monoisotopic (exact) mass is 457 g/mol. The maximum absolute atomic E-state index is 13.6. The molecule has 3 aromatic heterocycles. The van der Waals surface area contributed by atoms with Gasteiger partial charge in [0.15, 0.2) is 5.16 Å². The van der Waals surface area contributed by atoms with Crippen molar-refractivity contribution in [1.29, 1.82) is 0 Å². The normalized spacial score (nSPS) is 11.4. The van der Waals surface area contributed by atoms with Crippen molar-refractivity contribution >= 4 is 43.5 Å². The maximum atomic E-state index is 13.6. The Labute approximate surface area is 195 Å². The third-order valence-electron chi connectivity index (χ3n) is 5.71. The average Bonchev–Trinajstić information content (AvgIpc) is 3.20. The third-order valence-corrected chi connectivity index (χ3v) is 7.82. The van der Waals surface area contributed by atoms with Gasteiger partial charge in [-0.05, 0) is 47.7 Å². The molecule has 0 unspecified atom stereocenters. The van der Waals surface area contributed by atoms with Crippen LogP contribution in [0.3, 0.4) is 0 Å². The first-order chi connectivity index (χ1) is 15.6. The van der Waals surface area contributed by atoms with E-state index in [1.807, 2.05) is 22.8 Å². The zero-order chi connectivity index (χ0) is 22.1. The van der Waals surface area contributed by atoms with Crippen LogP contribution in [0.5, 0.6) is 0 Å². The van der Waals surface area contributed by atoms with Crippen molar-refractivity contribution < 1.29 is 0 Å². The number of thioether (sulfide) groups is 1. The minimum atomic E-state index is 0.00449. The predicted molar refractivity (Wildman–Crippen MR) is 135 cm³/mol. The fraction of sp³-hybridized carbons (Fsp3) is 0.192. The summed E-state index contributed by atoms with van der Waals surface area (Å²) in [4.78, 5) is 23.9. The highest BCUT2D eigenvalue weighted by Crippen LogP contribution is 2.31. The highest BCUT2D eigenvalue weighted by Gasteiger charge is 2.17. The third kappa shape index (κ3) is 3.96. The van der Waals surface area contributed by atoms with Crippen molar-refractivity contribution in [1.82, 2.24) is 14.5 Å². The lowest BCUT2D eigenvalue weighted by Crippen LogP contribution is -2.23. The molecule has 0 atom stereocenters. The Morgan fingerprint density at radius 2 is 1.78 bits per heavy atom. The standard InChI is InChI=1S/C26H23N3OS2/c1-3-18-10-12-19(13-11-18)15-29-25(30)23-22(21-9-6-14-27-24(21)32-23)28-26(29)31-16-20-8-5-4-7-17(20)2/h4-14H,3,15-16H2,1-2H3. The zero-order valence-electron chi connectivity index (χ0n) is 18.0. The molecule has 5 rings (SSSR count). The van der Waals surface area contributed by atoms with Gasteiger partial charge in [-0.3, -0.25) is 9.36 Å². The molecule has 0 radical (unpaired) electrons. The molecule has 2 aromatic carbocycles. The second kappa shape index (κ2) is 8.88. The maximum Gasteiger partial charge on any atom is 0.272 e. The van der Waals surface area contributed by atoms with Crippen molar-refractivity contribution in [3.05, 3.63) is 99.5 Å². The van der Waals surface area contributed by atoms with Gasteiger partial charge in [0.25, 0.3) is 5.56 Å². The van der Waals surface area contributed by atoms with Crippen LogP contribution in [-0.2, 0) is 18.7 Å². The summed E-state index contributed by atoms with van der Waals surface area (Å²) in [7, 11) is 0. The van der Waals surface area contributed by atoms with Crippen LogP contribution in [0.15, 0.2) is 76.8 Å². The van der Waals surface area contributed by atoms with Crippen molar-refractivity contribution in [2.45, 2.75) is 37.7 Å². The molecular weight excluding hydrogens is 434 g/mol. The molecule has 4 nitrogen and oxygen atoms in total. The predicted octanol–water partition coefficient (Wildman–Crippen LogP) is 6.22. The van der Waals surface area contributed by atoms with Crippen molar-refractivity contribution in [3.63, 3.8) is 0 Å². The summed E-state index contributed by atoms with van der Waals surface area (Å²) in [5.41, 5.74) is 5.65. The Balaban J connectivity index is 1.62. The van der Waals surface area contributed by atoms with E-state index in [0.29, 0.717) is 11.2 Å². The number of hydrogen-bond donors (Lipinski definition) is 0. The first kappa shape index (κ1) is 20.9. The second-order valence-corrected chi connectivity index (χ2v) is 9.75. The summed E-state index contributed by atoms with van der Waals surface area (Å²) in [6.45, 7) is 4.77. The molecule has 0 fully saturated rings. The highest BCUT2D eigenvalue weighted by atomic mass is 32.2. The van der Waals surface area contributed by atoms with Gasteiger partial charge in [-0.25, -0.2) is 9.97 Å². The minimum absolute atomic E-state index is 0.00449. The molecule has 0 bridgehead atoms. The Hall–Kier alpha value is -2.96. The number of pyridine rings is 1. The average molecular weight is 458 g/mol. The number of aromatic nitrogens is 3. The van der Waals surface area contributed by atoms with E-state index >= 15 is 0 Å². The molecule has 0 saturated heterocycles. The van der Waals surface area contributed by atoms with Crippen LogP contribution in [0.2, 0.25) is 0 Å². The zero-order valence-corrected chi connectivity index (χ0v) is 19.7. The Bertz CT molecular complexity index is 1470. The van der Waals surface area contributed by atoms with E-state index in [9.17, 15) is 4.79 Å². The summed E-state index contributed by atoms with van der Waals surface area (Å²) in [6.07, 6.45) is 2.76. The molecule has 32 heavy (non-hydrogen) atoms. The Morgan fingerprint density at radius 1 is 1.00 bits per heavy atom. The molecular formula is C26H23N3OS2. The molecule has 160 valence electrons. The topological polar surface area (TPSA) is 47.8 Å². The molecule has 6 heteroatoms. The molecule has 0 aliphatic heterocycles. The first-order valence-electron chi connectivity index (χ1n) is 10.7. The van der Waals surface area contributed by atoms with Gasteiger partial charge in [-0.15, -0.1) is 11.3 Å². The lowest BCUT2D eigenvalue weighted by Gasteiger charge is -2.13. The van der Waals surface area contributed by atoms with Gasteiger partial charge in [-0.1, -0.05) is 67.2 Å². The second-order valence-electron chi connectivity index (χ2n) is 7.81. The van der Waals surface area contributed by atoms with Gasteiger partial charge in [0.05, 0.1) is 12.1 Å². The van der Waals surface area contributed by atoms with Gasteiger partial charge in [0.2, 0.25) is 0 Å². The first-order valence-corrected chi connectivity index (χ1v) is 12.5. The summed E-state index contributed by atoms with van der Waals surface area (Å²) >= 11 is 3.05. The van der Waals surface area contributed by atoms with E-state index in [-0.39, 0.29) is 5.56 Å². The number of benzene rings is 2. The van der Waals surface area contributed by atoms with Gasteiger partial charge in [0.1, 0.15) is 9.53 Å². The molecule has 3 heterocycles. The fourth-order valence-corrected chi connectivity index (χ4v) is 5.87. The van der Waals surface area contributed by atoms with Gasteiger partial charge < -0.3 is 0 Å². The van der Waals surface area contributed by atoms with E-state index in [1.54, 1.807) is 18.0 Å². The van der Waals surface area contributed by atoms with E-state index < -0.39 is 0 Å². The molecule has 5 aromatic rings. The van der Waals surface area contributed by atoms with E-state index in [1.165, 1.54) is 28.0 Å². The van der Waals surface area contributed by atoms with E-state index in [4.69, 9.17) is 4.98 Å². The SMILES string of the molecule is CCc1ccc(Cn2c(SCc3ccccc3C)nc3c(sc4ncccc43)c2=O)cc1. The van der Waals surface area contributed by atoms with Crippen molar-refractivity contribution in [2.24, 2.45) is 0 Å². The van der Waals surface area contributed by atoms with Crippen LogP contribution < -0.4 is 5.56 Å². The summed E-state index contributed by atoms with van der Waals surface area (Å²) in [5.74, 6) is 0.764. The van der Waals surface area contributed by atoms with Crippen LogP contribution >= 0.6 is 23.1 Å². The minimum Gasteiger partial charge on any atom is -0.282 e. The summed E-state index contributed by atoms with van der Waals surface area (Å²) < 4.78 is 2.49. The quantitative estimate of drug-likeness (QED) is 0.224. The molecule has 0 aliphatic carbocycles. The number of rotatable bonds is 6. The van der Waals surface area contributed by atoms with Gasteiger partial charge >= 0.3 is 0 Å². The Morgan fingerprint density at radius 3 is 2.56 bits per heavy atom. The smallest absolute Gasteiger partial charge is 0.272 e. The van der Waals surface area contributed by atoms with E-state index in [0.717, 1.165) is 38.6 Å². The largest absolute Gasteiger partial charge is 0.282 e. The van der Waals surface area contributed by atoms with Crippen LogP contribution in [0.1, 0.15) is 29.2 Å². The number of thiophene rings is 1. The van der Waals surface area contributed by atoms with Crippen molar-refractivity contribution in [3.8, 4) is 0 Å². The number of fused-ring (bicyclic) bond motifs is 3. The molecule has 0 saturated carbocycles. The van der Waals surface area contributed by atoms with Crippen LogP contribution in [0.25, 0.3) is 20.4 Å².